The number of aryl methyl sites for hydroxylation is 1. The number of nitrogens with one attached hydrogen (secondary N) is 2. The van der Waals surface area contributed by atoms with Crippen molar-refractivity contribution >= 4 is 17.7 Å². The Bertz CT molecular complexity index is 507. The summed E-state index contributed by atoms with van der Waals surface area (Å²) >= 11 is 0. The maximum atomic E-state index is 11.7. The third-order valence-corrected chi connectivity index (χ3v) is 3.14. The maximum Gasteiger partial charge on any atom is 0.336 e. The summed E-state index contributed by atoms with van der Waals surface area (Å²) in [7, 11) is 0. The number of amides is 2. The van der Waals surface area contributed by atoms with Crippen LogP contribution in [0.3, 0.4) is 0 Å². The Hall–Kier alpha value is -2.04. The fraction of sp³-hybridized carbons (Fsp3) is 0.385. The summed E-state index contributed by atoms with van der Waals surface area (Å²) in [6.07, 6.45) is 1.96. The molecule has 3 N–H and O–H groups in total. The van der Waals surface area contributed by atoms with Gasteiger partial charge in [0, 0.05) is 11.2 Å². The SMILES string of the molecule is Cc1ccc(NC(=O)NC2(C)CC2)cc1C(=O)O. The number of carbonyl (C=O) groups is 2. The molecule has 5 nitrogen and oxygen atoms in total. The first-order valence-electron chi connectivity index (χ1n) is 5.83. The van der Waals surface area contributed by atoms with Gasteiger partial charge >= 0.3 is 12.0 Å². The first-order valence-corrected chi connectivity index (χ1v) is 5.83. The molecule has 0 aromatic heterocycles. The van der Waals surface area contributed by atoms with Crippen molar-refractivity contribution in [1.29, 1.82) is 0 Å². The van der Waals surface area contributed by atoms with E-state index in [0.29, 0.717) is 11.3 Å². The fourth-order valence-corrected chi connectivity index (χ4v) is 1.68. The molecule has 0 unspecified atom stereocenters. The second-order valence-electron chi connectivity index (χ2n) is 4.97. The quantitative estimate of drug-likeness (QED) is 0.768. The molecule has 0 heterocycles. The van der Waals surface area contributed by atoms with Crippen molar-refractivity contribution in [1.82, 2.24) is 5.32 Å². The van der Waals surface area contributed by atoms with E-state index in [-0.39, 0.29) is 17.1 Å². The average molecular weight is 248 g/mol. The van der Waals surface area contributed by atoms with Crippen LogP contribution in [-0.4, -0.2) is 22.6 Å². The largest absolute Gasteiger partial charge is 0.478 e. The van der Waals surface area contributed by atoms with Crippen LogP contribution in [-0.2, 0) is 0 Å². The molecule has 1 fully saturated rings. The average Bonchev–Trinajstić information content (AvgIpc) is 2.98. The minimum atomic E-state index is -0.995. The Morgan fingerprint density at radius 3 is 2.56 bits per heavy atom. The number of carboxylic acid groups (broad SMARTS) is 1. The molecule has 18 heavy (non-hydrogen) atoms. The van der Waals surface area contributed by atoms with Crippen LogP contribution in [0.2, 0.25) is 0 Å². The lowest BCUT2D eigenvalue weighted by atomic mass is 10.1. The van der Waals surface area contributed by atoms with Crippen molar-refractivity contribution in [3.8, 4) is 0 Å². The van der Waals surface area contributed by atoms with E-state index < -0.39 is 5.97 Å². The highest BCUT2D eigenvalue weighted by Crippen LogP contribution is 2.34. The van der Waals surface area contributed by atoms with Crippen LogP contribution >= 0.6 is 0 Å². The predicted molar refractivity (Wildman–Crippen MR) is 67.9 cm³/mol. The van der Waals surface area contributed by atoms with E-state index in [4.69, 9.17) is 5.11 Å². The van der Waals surface area contributed by atoms with Gasteiger partial charge in [0.25, 0.3) is 0 Å². The molecule has 0 radical (unpaired) electrons. The summed E-state index contributed by atoms with van der Waals surface area (Å²) < 4.78 is 0. The topological polar surface area (TPSA) is 78.4 Å². The summed E-state index contributed by atoms with van der Waals surface area (Å²) in [5.41, 5.74) is 1.26. The van der Waals surface area contributed by atoms with E-state index in [9.17, 15) is 9.59 Å². The van der Waals surface area contributed by atoms with E-state index in [1.54, 1.807) is 19.1 Å². The fourth-order valence-electron chi connectivity index (χ4n) is 1.68. The van der Waals surface area contributed by atoms with Crippen LogP contribution in [0, 0.1) is 6.92 Å². The van der Waals surface area contributed by atoms with Crippen LogP contribution in [0.15, 0.2) is 18.2 Å². The summed E-state index contributed by atoms with van der Waals surface area (Å²) in [4.78, 5) is 22.6. The van der Waals surface area contributed by atoms with Crippen molar-refractivity contribution in [2.75, 3.05) is 5.32 Å². The first kappa shape index (κ1) is 12.4. The van der Waals surface area contributed by atoms with Crippen LogP contribution in [0.4, 0.5) is 10.5 Å². The van der Waals surface area contributed by atoms with Crippen molar-refractivity contribution in [3.63, 3.8) is 0 Å². The van der Waals surface area contributed by atoms with Crippen molar-refractivity contribution in [3.05, 3.63) is 29.3 Å². The highest BCUT2D eigenvalue weighted by molar-refractivity contribution is 5.94. The molecule has 1 aromatic rings. The molecule has 0 atom stereocenters. The summed E-state index contributed by atoms with van der Waals surface area (Å²) in [6.45, 7) is 3.70. The lowest BCUT2D eigenvalue weighted by Crippen LogP contribution is -2.37. The number of aromatic carboxylic acids is 1. The van der Waals surface area contributed by atoms with E-state index in [2.05, 4.69) is 10.6 Å². The standard InChI is InChI=1S/C13H16N2O3/c1-8-3-4-9(7-10(8)11(16)17)14-12(18)15-13(2)5-6-13/h3-4,7H,5-6H2,1-2H3,(H,16,17)(H2,14,15,18). The van der Waals surface area contributed by atoms with Crippen LogP contribution < -0.4 is 10.6 Å². The van der Waals surface area contributed by atoms with Gasteiger partial charge in [-0.2, -0.15) is 0 Å². The summed E-state index contributed by atoms with van der Waals surface area (Å²) in [5.74, 6) is -0.995. The van der Waals surface area contributed by atoms with Gasteiger partial charge in [-0.05, 0) is 44.4 Å². The maximum absolute atomic E-state index is 11.7. The second kappa shape index (κ2) is 4.33. The summed E-state index contributed by atoms with van der Waals surface area (Å²) in [5, 5.41) is 14.5. The molecule has 5 heteroatoms. The number of anilines is 1. The normalized spacial score (nSPS) is 15.9. The number of rotatable bonds is 3. The number of urea groups is 1. The van der Waals surface area contributed by atoms with Gasteiger partial charge in [-0.3, -0.25) is 0 Å². The molecule has 0 spiro atoms. The van der Waals surface area contributed by atoms with Gasteiger partial charge in [-0.1, -0.05) is 6.07 Å². The molecule has 0 saturated heterocycles. The van der Waals surface area contributed by atoms with Gasteiger partial charge in [0.1, 0.15) is 0 Å². The zero-order valence-electron chi connectivity index (χ0n) is 10.4. The van der Waals surface area contributed by atoms with E-state index in [1.165, 1.54) is 6.07 Å². The molecule has 1 aliphatic carbocycles. The van der Waals surface area contributed by atoms with Crippen LogP contribution in [0.1, 0.15) is 35.7 Å². The third kappa shape index (κ3) is 2.80. The van der Waals surface area contributed by atoms with Crippen molar-refractivity contribution < 1.29 is 14.7 Å². The zero-order valence-corrected chi connectivity index (χ0v) is 10.4. The minimum Gasteiger partial charge on any atom is -0.478 e. The van der Waals surface area contributed by atoms with Gasteiger partial charge in [-0.15, -0.1) is 0 Å². The lowest BCUT2D eigenvalue weighted by Gasteiger charge is -2.13. The number of benzene rings is 1. The zero-order chi connectivity index (χ0) is 13.3. The molecular formula is C13H16N2O3. The molecule has 2 rings (SSSR count). The van der Waals surface area contributed by atoms with Gasteiger partial charge in [0.15, 0.2) is 0 Å². The highest BCUT2D eigenvalue weighted by Gasteiger charge is 2.38. The number of carboxylic acids is 1. The minimum absolute atomic E-state index is 0.0928. The Morgan fingerprint density at radius 2 is 2.00 bits per heavy atom. The molecule has 1 aliphatic rings. The second-order valence-corrected chi connectivity index (χ2v) is 4.97. The van der Waals surface area contributed by atoms with Gasteiger partial charge in [0.05, 0.1) is 5.56 Å². The molecule has 1 aromatic carbocycles. The lowest BCUT2D eigenvalue weighted by molar-refractivity contribution is 0.0696. The number of hydrogen-bond acceptors (Lipinski definition) is 2. The monoisotopic (exact) mass is 248 g/mol. The Kier molecular flexibility index (Phi) is 2.98. The Balaban J connectivity index is 2.07. The third-order valence-electron chi connectivity index (χ3n) is 3.14. The van der Waals surface area contributed by atoms with Crippen LogP contribution in [0.5, 0.6) is 0 Å². The molecule has 0 aliphatic heterocycles. The van der Waals surface area contributed by atoms with Gasteiger partial charge in [0.2, 0.25) is 0 Å². The van der Waals surface area contributed by atoms with Gasteiger partial charge < -0.3 is 15.7 Å². The Morgan fingerprint density at radius 1 is 1.33 bits per heavy atom. The number of hydrogen-bond donors (Lipinski definition) is 3. The molecule has 0 bridgehead atoms. The Labute approximate surface area is 105 Å². The van der Waals surface area contributed by atoms with Crippen molar-refractivity contribution in [2.45, 2.75) is 32.2 Å². The molecular weight excluding hydrogens is 232 g/mol. The molecule has 96 valence electrons. The predicted octanol–water partition coefficient (Wildman–Crippen LogP) is 2.37. The van der Waals surface area contributed by atoms with E-state index in [1.807, 2.05) is 6.92 Å². The number of carbonyl (C=O) groups excluding carboxylic acids is 1. The summed E-state index contributed by atoms with van der Waals surface area (Å²) in [6, 6.07) is 4.54. The van der Waals surface area contributed by atoms with Gasteiger partial charge in [-0.25, -0.2) is 9.59 Å². The molecule has 2 amide bonds. The van der Waals surface area contributed by atoms with E-state index in [0.717, 1.165) is 12.8 Å². The molecule has 1 saturated carbocycles. The van der Waals surface area contributed by atoms with Crippen molar-refractivity contribution in [2.24, 2.45) is 0 Å². The van der Waals surface area contributed by atoms with Crippen LogP contribution in [0.25, 0.3) is 0 Å². The van der Waals surface area contributed by atoms with E-state index >= 15 is 0 Å². The smallest absolute Gasteiger partial charge is 0.336 e. The highest BCUT2D eigenvalue weighted by atomic mass is 16.4. The first-order chi connectivity index (χ1) is 8.39.